The predicted octanol–water partition coefficient (Wildman–Crippen LogP) is 14.0. The van der Waals surface area contributed by atoms with Crippen LogP contribution in [0.15, 0.2) is 180 Å². The summed E-state index contributed by atoms with van der Waals surface area (Å²) < 4.78 is 9.03. The van der Waals surface area contributed by atoms with Gasteiger partial charge in [-0.15, -0.1) is 0 Å². The number of rotatable bonds is 4. The van der Waals surface area contributed by atoms with E-state index < -0.39 is 0 Å². The van der Waals surface area contributed by atoms with Crippen LogP contribution in [0.1, 0.15) is 25.0 Å². The lowest BCUT2D eigenvalue weighted by atomic mass is 9.82. The quantitative estimate of drug-likeness (QED) is 0.181. The van der Waals surface area contributed by atoms with Crippen LogP contribution >= 0.6 is 0 Å². The number of benzene rings is 8. The Morgan fingerprint density at radius 1 is 0.396 bits per heavy atom. The molecule has 0 spiro atoms. The molecule has 1 aliphatic carbocycles. The molecule has 2 heteroatoms. The fourth-order valence-corrected chi connectivity index (χ4v) is 8.97. The van der Waals surface area contributed by atoms with Crippen molar-refractivity contribution in [1.29, 1.82) is 0 Å². The van der Waals surface area contributed by atoms with Gasteiger partial charge in [-0.05, 0) is 98.6 Å². The van der Waals surface area contributed by atoms with Crippen molar-refractivity contribution in [2.45, 2.75) is 19.3 Å². The Hall–Kier alpha value is -6.64. The van der Waals surface area contributed by atoms with Gasteiger partial charge >= 0.3 is 0 Å². The Balaban J connectivity index is 1.23. The average molecular weight is 678 g/mol. The largest absolute Gasteiger partial charge is 0.455 e. The number of fused-ring (bicyclic) bond motifs is 9. The van der Waals surface area contributed by atoms with Crippen molar-refractivity contribution in [2.75, 3.05) is 0 Å². The first-order valence-electron chi connectivity index (χ1n) is 18.4. The number of aromatic nitrogens is 1. The molecular formula is C51H35NO. The van der Waals surface area contributed by atoms with E-state index in [1.54, 1.807) is 0 Å². The normalized spacial score (nSPS) is 13.2. The van der Waals surface area contributed by atoms with Gasteiger partial charge < -0.3 is 8.98 Å². The van der Waals surface area contributed by atoms with Crippen molar-refractivity contribution in [1.82, 2.24) is 4.57 Å². The molecule has 250 valence electrons. The van der Waals surface area contributed by atoms with E-state index in [-0.39, 0.29) is 5.41 Å². The molecule has 0 fully saturated rings. The van der Waals surface area contributed by atoms with Gasteiger partial charge in [-0.1, -0.05) is 141 Å². The summed E-state index contributed by atoms with van der Waals surface area (Å²) in [5.41, 5.74) is 17.7. The average Bonchev–Trinajstić information content (AvgIpc) is 3.83. The van der Waals surface area contributed by atoms with Crippen LogP contribution in [0.2, 0.25) is 0 Å². The van der Waals surface area contributed by atoms with Gasteiger partial charge in [0.2, 0.25) is 0 Å². The molecule has 0 saturated carbocycles. The minimum Gasteiger partial charge on any atom is -0.455 e. The zero-order valence-corrected chi connectivity index (χ0v) is 29.6. The number of furan rings is 1. The second-order valence-electron chi connectivity index (χ2n) is 14.9. The van der Waals surface area contributed by atoms with Crippen molar-refractivity contribution in [3.05, 3.63) is 187 Å². The number of hydrogen-bond acceptors (Lipinski definition) is 1. The fraction of sp³-hybridized carbons (Fsp3) is 0.0588. The zero-order valence-electron chi connectivity index (χ0n) is 29.6. The summed E-state index contributed by atoms with van der Waals surface area (Å²) in [5.74, 6) is 0. The summed E-state index contributed by atoms with van der Waals surface area (Å²) in [7, 11) is 0. The number of para-hydroxylation sites is 2. The fourth-order valence-electron chi connectivity index (χ4n) is 8.97. The van der Waals surface area contributed by atoms with E-state index in [9.17, 15) is 0 Å². The predicted molar refractivity (Wildman–Crippen MR) is 222 cm³/mol. The molecule has 0 atom stereocenters. The van der Waals surface area contributed by atoms with E-state index in [4.69, 9.17) is 4.42 Å². The third-order valence-corrected chi connectivity index (χ3v) is 11.6. The number of nitrogens with zero attached hydrogens (tertiary/aromatic N) is 1. The van der Waals surface area contributed by atoms with E-state index in [1.165, 1.54) is 66.3 Å². The Labute approximate surface area is 308 Å². The first kappa shape index (κ1) is 30.0. The van der Waals surface area contributed by atoms with Crippen molar-refractivity contribution in [3.8, 4) is 50.2 Å². The van der Waals surface area contributed by atoms with Gasteiger partial charge in [-0.3, -0.25) is 0 Å². The lowest BCUT2D eigenvalue weighted by Gasteiger charge is -2.22. The summed E-state index contributed by atoms with van der Waals surface area (Å²) in [6.45, 7) is 4.73. The summed E-state index contributed by atoms with van der Waals surface area (Å²) in [6.07, 6.45) is 0. The summed E-state index contributed by atoms with van der Waals surface area (Å²) >= 11 is 0. The van der Waals surface area contributed by atoms with Gasteiger partial charge in [0.25, 0.3) is 0 Å². The third kappa shape index (κ3) is 4.45. The van der Waals surface area contributed by atoms with Gasteiger partial charge in [-0.2, -0.15) is 0 Å². The highest BCUT2D eigenvalue weighted by Gasteiger charge is 2.36. The van der Waals surface area contributed by atoms with Crippen molar-refractivity contribution >= 4 is 43.7 Å². The molecule has 11 rings (SSSR count). The molecule has 1 aliphatic rings. The molecule has 2 nitrogen and oxygen atoms in total. The van der Waals surface area contributed by atoms with Crippen LogP contribution in [-0.2, 0) is 5.41 Å². The molecule has 0 aliphatic heterocycles. The van der Waals surface area contributed by atoms with Crippen molar-refractivity contribution in [3.63, 3.8) is 0 Å². The van der Waals surface area contributed by atoms with Crippen molar-refractivity contribution < 1.29 is 4.42 Å². The Morgan fingerprint density at radius 2 is 1.04 bits per heavy atom. The molecule has 0 radical (unpaired) electrons. The molecule has 0 unspecified atom stereocenters. The monoisotopic (exact) mass is 677 g/mol. The van der Waals surface area contributed by atoms with Crippen LogP contribution < -0.4 is 0 Å². The molecule has 0 N–H and O–H groups in total. The minimum absolute atomic E-state index is 0.120. The van der Waals surface area contributed by atoms with Gasteiger partial charge in [0.15, 0.2) is 0 Å². The van der Waals surface area contributed by atoms with E-state index in [0.29, 0.717) is 0 Å². The zero-order chi connectivity index (χ0) is 35.3. The maximum Gasteiger partial charge on any atom is 0.143 e. The highest BCUT2D eigenvalue weighted by atomic mass is 16.3. The lowest BCUT2D eigenvalue weighted by molar-refractivity contribution is 0.661. The highest BCUT2D eigenvalue weighted by Crippen LogP contribution is 2.51. The summed E-state index contributed by atoms with van der Waals surface area (Å²) in [5, 5.41) is 4.76. The molecular weight excluding hydrogens is 643 g/mol. The van der Waals surface area contributed by atoms with Crippen molar-refractivity contribution in [2.24, 2.45) is 0 Å². The van der Waals surface area contributed by atoms with Crippen LogP contribution in [-0.4, -0.2) is 4.57 Å². The first-order chi connectivity index (χ1) is 26.0. The third-order valence-electron chi connectivity index (χ3n) is 11.6. The molecule has 0 amide bonds. The van der Waals surface area contributed by atoms with Crippen LogP contribution in [0.3, 0.4) is 0 Å². The van der Waals surface area contributed by atoms with Crippen LogP contribution in [0.25, 0.3) is 93.9 Å². The van der Waals surface area contributed by atoms with E-state index in [0.717, 1.165) is 38.8 Å². The molecule has 0 bridgehead atoms. The number of hydrogen-bond donors (Lipinski definition) is 0. The molecule has 10 aromatic rings. The SMILES string of the molecule is CC1(C)c2ccccc2-c2cc3c4cc(-c5cccc6c5oc5ccccc56)ccc4n(-c4cc(-c5ccccc5)cc(-c5ccccc5)c4)c3cc21. The van der Waals surface area contributed by atoms with E-state index >= 15 is 0 Å². The molecule has 53 heavy (non-hydrogen) atoms. The lowest BCUT2D eigenvalue weighted by Crippen LogP contribution is -2.14. The topological polar surface area (TPSA) is 18.1 Å². The summed E-state index contributed by atoms with van der Waals surface area (Å²) in [4.78, 5) is 0. The van der Waals surface area contributed by atoms with Crippen LogP contribution in [0.4, 0.5) is 0 Å². The Morgan fingerprint density at radius 3 is 1.81 bits per heavy atom. The minimum atomic E-state index is -0.120. The van der Waals surface area contributed by atoms with Gasteiger partial charge in [0, 0.05) is 38.2 Å². The maximum atomic E-state index is 6.54. The Kier molecular flexibility index (Phi) is 6.33. The first-order valence-corrected chi connectivity index (χ1v) is 18.4. The molecule has 8 aromatic carbocycles. The Bertz CT molecular complexity index is 3010. The standard InChI is InChI=1S/C51H35NO/c1-51(2)45-22-11-9-18-39(45)42-30-44-43-29-34(38-20-13-21-41-40-19-10-12-23-49(40)53-50(38)41)24-25-47(43)52(48(44)31-46(42)51)37-27-35(32-14-5-3-6-15-32)26-36(28-37)33-16-7-4-8-17-33/h3-31H,1-2H3. The molecule has 2 heterocycles. The molecule has 2 aromatic heterocycles. The van der Waals surface area contributed by atoms with Crippen LogP contribution in [0, 0.1) is 0 Å². The maximum absolute atomic E-state index is 6.54. The van der Waals surface area contributed by atoms with Gasteiger partial charge in [0.05, 0.1) is 11.0 Å². The second-order valence-corrected chi connectivity index (χ2v) is 14.9. The summed E-state index contributed by atoms with van der Waals surface area (Å²) in [6, 6.07) is 64.2. The van der Waals surface area contributed by atoms with E-state index in [1.807, 2.05) is 6.07 Å². The van der Waals surface area contributed by atoms with Gasteiger partial charge in [-0.25, -0.2) is 0 Å². The van der Waals surface area contributed by atoms with Crippen LogP contribution in [0.5, 0.6) is 0 Å². The molecule has 0 saturated heterocycles. The smallest absolute Gasteiger partial charge is 0.143 e. The van der Waals surface area contributed by atoms with Gasteiger partial charge in [0.1, 0.15) is 11.2 Å². The highest BCUT2D eigenvalue weighted by molar-refractivity contribution is 6.14. The second kappa shape index (κ2) is 11.2. The van der Waals surface area contributed by atoms with E-state index in [2.05, 4.69) is 188 Å².